The molecule has 4 amide bonds. The van der Waals surface area contributed by atoms with E-state index in [1.807, 2.05) is 61.1 Å². The number of nitrogens with zero attached hydrogens (tertiary/aromatic N) is 10. The number of nitrogens with one attached hydrogen (secondary N) is 1. The van der Waals surface area contributed by atoms with Crippen LogP contribution in [-0.2, 0) is 39.7 Å². The zero-order chi connectivity index (χ0) is 61.3. The van der Waals surface area contributed by atoms with Gasteiger partial charge >= 0.3 is 30.6 Å². The summed E-state index contributed by atoms with van der Waals surface area (Å²) in [5.74, 6) is 1.07. The fourth-order valence-corrected chi connectivity index (χ4v) is 11.0. The Kier molecular flexibility index (Phi) is 25.2. The van der Waals surface area contributed by atoms with Crippen molar-refractivity contribution in [3.8, 4) is 0 Å². The molecule has 3 saturated heterocycles. The molecule has 5 heterocycles. The minimum Gasteiger partial charge on any atom is -0.447 e. The molecule has 0 bridgehead atoms. The van der Waals surface area contributed by atoms with Gasteiger partial charge in [0.1, 0.15) is 0 Å². The Morgan fingerprint density at radius 2 is 1.08 bits per heavy atom. The van der Waals surface area contributed by atoms with Crippen LogP contribution in [-0.4, -0.2) is 128 Å². The number of amides is 4. The molecule has 18 nitrogen and oxygen atoms in total. The van der Waals surface area contributed by atoms with Crippen LogP contribution in [0.4, 0.5) is 64.0 Å². The van der Waals surface area contributed by atoms with Crippen molar-refractivity contribution in [3.63, 3.8) is 0 Å². The summed E-state index contributed by atoms with van der Waals surface area (Å²) in [6.45, 7) is 16.8. The average molecular weight is 1230 g/mol. The molecule has 2 aromatic carbocycles. The number of halogens is 9. The molecule has 83 heavy (non-hydrogen) atoms. The Balaban J connectivity index is 0.000000279. The maximum Gasteiger partial charge on any atom is 0.416 e. The highest BCUT2D eigenvalue weighted by molar-refractivity contribution is 6.31. The Bertz CT molecular complexity index is 2770. The van der Waals surface area contributed by atoms with Crippen molar-refractivity contribution in [2.45, 2.75) is 181 Å². The van der Waals surface area contributed by atoms with Crippen molar-refractivity contribution in [1.29, 1.82) is 0 Å². The molecule has 27 heteroatoms. The molecule has 3 aliphatic heterocycles. The normalized spacial score (nSPS) is 19.9. The second-order valence-corrected chi connectivity index (χ2v) is 22.0. The summed E-state index contributed by atoms with van der Waals surface area (Å²) in [5.41, 5.74) is 5.78. The zero-order valence-electron chi connectivity index (χ0n) is 47.7. The number of nitrogen functional groups attached to an aromatic ring is 1. The summed E-state index contributed by atoms with van der Waals surface area (Å²) in [5, 5.41) is 2.72. The molecular weight excluding hydrogens is 1160 g/mol. The number of aromatic nitrogens is 4. The van der Waals surface area contributed by atoms with Gasteiger partial charge in [-0.05, 0) is 127 Å². The van der Waals surface area contributed by atoms with Crippen molar-refractivity contribution < 1.29 is 55.0 Å². The number of hydrogen-bond acceptors (Lipinski definition) is 14. The molecule has 0 radical (unpaired) electrons. The van der Waals surface area contributed by atoms with Crippen LogP contribution in [0.1, 0.15) is 129 Å². The summed E-state index contributed by atoms with van der Waals surface area (Å²) in [6, 6.07) is 5.94. The van der Waals surface area contributed by atoms with Crippen molar-refractivity contribution in [3.05, 3.63) is 93.5 Å². The molecule has 456 valence electrons. The number of carbonyl (C=O) groups is 3. The third-order valence-electron chi connectivity index (χ3n) is 14.1. The molecule has 0 spiro atoms. The predicted molar refractivity (Wildman–Crippen MR) is 307 cm³/mol. The molecule has 3 aliphatic rings. The summed E-state index contributed by atoms with van der Waals surface area (Å²) >= 11 is 17.3. The van der Waals surface area contributed by atoms with Gasteiger partial charge in [-0.25, -0.2) is 44.1 Å². The number of likely N-dealkylation sites (tertiary alicyclic amines) is 2. The van der Waals surface area contributed by atoms with Gasteiger partial charge in [-0.3, -0.25) is 4.90 Å². The first kappa shape index (κ1) is 67.4. The van der Waals surface area contributed by atoms with Gasteiger partial charge < -0.3 is 40.1 Å². The van der Waals surface area contributed by atoms with Gasteiger partial charge in [-0.15, -0.1) is 11.6 Å². The van der Waals surface area contributed by atoms with E-state index in [-0.39, 0.29) is 89.8 Å². The number of isocyanates is 1. The number of nitrogens with two attached hydrogens (primary N) is 1. The highest BCUT2D eigenvalue weighted by Crippen LogP contribution is 2.38. The molecule has 3 N–H and O–H groups in total. The monoisotopic (exact) mass is 1230 g/mol. The van der Waals surface area contributed by atoms with E-state index in [1.54, 1.807) is 26.2 Å². The molecule has 4 aromatic rings. The van der Waals surface area contributed by atoms with Crippen molar-refractivity contribution in [1.82, 2.24) is 35.1 Å². The molecule has 3 fully saturated rings. The van der Waals surface area contributed by atoms with Crippen LogP contribution in [0.15, 0.2) is 66.2 Å². The second-order valence-electron chi connectivity index (χ2n) is 20.7. The Morgan fingerprint density at radius 3 is 1.39 bits per heavy atom. The van der Waals surface area contributed by atoms with Gasteiger partial charge in [0.25, 0.3) is 0 Å². The fraction of sp³-hybridized carbons (Fsp3) is 0.571. The number of benzene rings is 2. The Morgan fingerprint density at radius 1 is 0.699 bits per heavy atom. The third kappa shape index (κ3) is 19.1. The number of ether oxygens (including phenoxy) is 2. The lowest BCUT2D eigenvalue weighted by molar-refractivity contribution is -0.138. The Hall–Kier alpha value is -6.36. The van der Waals surface area contributed by atoms with Crippen molar-refractivity contribution in [2.24, 2.45) is 4.99 Å². The van der Waals surface area contributed by atoms with Crippen LogP contribution in [0, 0.1) is 0 Å². The van der Waals surface area contributed by atoms with E-state index in [9.17, 15) is 45.5 Å². The number of urea groups is 1. The van der Waals surface area contributed by atoms with E-state index in [4.69, 9.17) is 50.0 Å². The number of hydrogen-bond donors (Lipinski definition) is 2. The first-order valence-corrected chi connectivity index (χ1v) is 28.8. The number of rotatable bonds is 17. The first-order chi connectivity index (χ1) is 39.2. The highest BCUT2D eigenvalue weighted by atomic mass is 35.5. The molecule has 6 atom stereocenters. The molecule has 2 unspecified atom stereocenters. The van der Waals surface area contributed by atoms with Crippen LogP contribution in [0.5, 0.6) is 0 Å². The Labute approximate surface area is 495 Å². The van der Waals surface area contributed by atoms with E-state index in [2.05, 4.69) is 30.2 Å². The van der Waals surface area contributed by atoms with Crippen LogP contribution in [0.2, 0.25) is 10.0 Å². The molecule has 0 aliphatic carbocycles. The lowest BCUT2D eigenvalue weighted by Crippen LogP contribution is -2.57. The molecule has 0 saturated carbocycles. The minimum atomic E-state index is -4.55. The topological polar surface area (TPSA) is 205 Å². The predicted octanol–water partition coefficient (Wildman–Crippen LogP) is 13.1. The fourth-order valence-electron chi connectivity index (χ4n) is 10.4. The van der Waals surface area contributed by atoms with Gasteiger partial charge in [0.05, 0.1) is 66.0 Å². The number of piperidine rings is 2. The van der Waals surface area contributed by atoms with Crippen LogP contribution >= 0.6 is 34.8 Å². The van der Waals surface area contributed by atoms with Crippen LogP contribution in [0.3, 0.4) is 0 Å². The number of alkyl halides is 7. The molecular formula is C56H73Cl3F6N12O6. The van der Waals surface area contributed by atoms with E-state index in [0.29, 0.717) is 111 Å². The lowest BCUT2D eigenvalue weighted by Gasteiger charge is -2.47. The SMILES string of the molecule is CC[C@@H]1CC(N(Cc2cc(Cl)cc(C(F)(F)F)c2)c2ncc(N)cn2)C[C@H](CC)N1C(=O)OC(C)C.CC[C@@H]1CC(N(Cc2cc(Cl)cc(C(F)(F)F)c2)c2ncc(N3CCNC3=O)cn2)C[C@H](CC)N1C(=O)OC(C)C.O=C=NCCCl. The highest BCUT2D eigenvalue weighted by Gasteiger charge is 2.43. The lowest BCUT2D eigenvalue weighted by atomic mass is 9.87. The summed E-state index contributed by atoms with van der Waals surface area (Å²) < 4.78 is 92.2. The third-order valence-corrected chi connectivity index (χ3v) is 14.7. The minimum absolute atomic E-state index is 0.00196. The second kappa shape index (κ2) is 31.0. The molecule has 2 aromatic heterocycles. The maximum atomic E-state index is 13.6. The van der Waals surface area contributed by atoms with Crippen molar-refractivity contribution >= 4 is 82.4 Å². The van der Waals surface area contributed by atoms with E-state index in [1.165, 1.54) is 35.5 Å². The van der Waals surface area contributed by atoms with Gasteiger partial charge in [-0.2, -0.15) is 26.3 Å². The number of aliphatic imine (C=N–C) groups is 1. The van der Waals surface area contributed by atoms with E-state index in [0.717, 1.165) is 24.3 Å². The van der Waals surface area contributed by atoms with Gasteiger partial charge in [0, 0.05) is 78.4 Å². The van der Waals surface area contributed by atoms with Crippen LogP contribution < -0.4 is 25.8 Å². The van der Waals surface area contributed by atoms with Gasteiger partial charge in [0.15, 0.2) is 0 Å². The van der Waals surface area contributed by atoms with Crippen LogP contribution in [0.25, 0.3) is 0 Å². The summed E-state index contributed by atoms with van der Waals surface area (Å²) in [7, 11) is 0. The van der Waals surface area contributed by atoms with Crippen molar-refractivity contribution in [2.75, 3.05) is 45.9 Å². The smallest absolute Gasteiger partial charge is 0.416 e. The average Bonchev–Trinajstić information content (AvgIpc) is 4.06. The maximum absolute atomic E-state index is 13.6. The van der Waals surface area contributed by atoms with Gasteiger partial charge in [0.2, 0.25) is 18.0 Å². The standard InChI is InChI=1S/C28H36ClF3N6O3.C25H33ClF3N5O2.C3H4ClNO/c1-5-21-12-23(13-22(6-2)38(21)27(40)41-17(3)4)37(16-18-9-19(28(30,31)32)11-20(29)10-18)25-34-14-24(15-35-25)36-8-7-33-26(36)39;1-5-20-10-22(11-21(6-2)34(20)24(35)36-15(3)4)33(23-31-12-19(30)13-32-23)14-16-7-17(25(27,28)29)9-18(26)8-16;4-1-2-5-3-6/h9-11,14-15,17,21-23H,5-8,12-13,16H2,1-4H3,(H,33,39);7-9,12-13,15,20-22H,5-6,10-11,14,30H2,1-4H3;1-2H2/t21-,22+,23?;20-,21+,22?;. The quantitative estimate of drug-likeness (QED) is 0.0437. The zero-order valence-corrected chi connectivity index (χ0v) is 50.0. The summed E-state index contributed by atoms with van der Waals surface area (Å²) in [4.78, 5) is 77.2. The van der Waals surface area contributed by atoms with Gasteiger partial charge in [-0.1, -0.05) is 50.9 Å². The number of carbonyl (C=O) groups excluding carboxylic acids is 4. The molecule has 7 rings (SSSR count). The summed E-state index contributed by atoms with van der Waals surface area (Å²) in [6.07, 6.45) is 2.11. The number of anilines is 4. The largest absolute Gasteiger partial charge is 0.447 e. The van der Waals surface area contributed by atoms with E-state index < -0.39 is 23.5 Å². The van der Waals surface area contributed by atoms with E-state index >= 15 is 0 Å². The first-order valence-electron chi connectivity index (χ1n) is 27.5.